The maximum Gasteiger partial charge on any atom is 0.256 e. The summed E-state index contributed by atoms with van der Waals surface area (Å²) in [6.45, 7) is 17.5. The molecule has 8 aromatic rings. The van der Waals surface area contributed by atoms with E-state index in [1.165, 1.54) is 66.8 Å². The van der Waals surface area contributed by atoms with Crippen LogP contribution in [0.1, 0.15) is 54.9 Å². The summed E-state index contributed by atoms with van der Waals surface area (Å²) in [5.74, 6) is -0.154. The third-order valence-electron chi connectivity index (χ3n) is 11.9. The lowest BCUT2D eigenvalue weighted by Crippen LogP contribution is -2.15. The van der Waals surface area contributed by atoms with E-state index < -0.39 is 0 Å². The van der Waals surface area contributed by atoms with Crippen molar-refractivity contribution in [2.75, 3.05) is 5.32 Å². The molecule has 0 heterocycles. The van der Waals surface area contributed by atoms with Crippen molar-refractivity contribution in [2.24, 2.45) is 0 Å². The van der Waals surface area contributed by atoms with Crippen molar-refractivity contribution in [3.8, 4) is 66.8 Å². The predicted molar refractivity (Wildman–Crippen MR) is 251 cm³/mol. The molecule has 8 aromatic carbocycles. The largest absolute Gasteiger partial charge is 0.322 e. The maximum atomic E-state index is 15.1. The van der Waals surface area contributed by atoms with Crippen molar-refractivity contribution < 1.29 is 4.79 Å². The van der Waals surface area contributed by atoms with Crippen LogP contribution in [0.25, 0.3) is 66.8 Å². The van der Waals surface area contributed by atoms with E-state index in [0.717, 1.165) is 50.2 Å². The summed E-state index contributed by atoms with van der Waals surface area (Å²) in [6, 6.07) is 55.8. The van der Waals surface area contributed by atoms with Gasteiger partial charge in [0.25, 0.3) is 5.91 Å². The second kappa shape index (κ2) is 16.2. The standard InChI is InChI=1S/C57H51NO/c1-35-17-12-18-36(2)52(35)45-29-43(30-46(33-45)53-37(3)19-13-20-38(53)4)50-27-16-28-51(56(50)57(59)58-49-25-10-9-11-26-49)44-31-47(54-39(5)21-14-22-40(54)6)34-48(32-44)55-41(7)23-15-24-42(55)8/h9-34H,1-8H3,(H,58,59). The molecule has 2 heteroatoms. The van der Waals surface area contributed by atoms with Gasteiger partial charge >= 0.3 is 0 Å². The number of rotatable bonds is 8. The molecule has 0 spiro atoms. The van der Waals surface area contributed by atoms with Crippen LogP contribution in [-0.2, 0) is 0 Å². The summed E-state index contributed by atoms with van der Waals surface area (Å²) in [6.07, 6.45) is 0. The van der Waals surface area contributed by atoms with Gasteiger partial charge < -0.3 is 5.32 Å². The molecule has 0 fully saturated rings. The van der Waals surface area contributed by atoms with Crippen LogP contribution >= 0.6 is 0 Å². The highest BCUT2D eigenvalue weighted by molar-refractivity contribution is 6.14. The Morgan fingerprint density at radius 1 is 0.322 bits per heavy atom. The van der Waals surface area contributed by atoms with E-state index >= 15 is 4.79 Å². The average Bonchev–Trinajstić information content (AvgIpc) is 3.20. The molecule has 59 heavy (non-hydrogen) atoms. The van der Waals surface area contributed by atoms with Gasteiger partial charge in [-0.05, 0) is 215 Å². The Morgan fingerprint density at radius 2 is 0.593 bits per heavy atom. The first-order valence-electron chi connectivity index (χ1n) is 20.5. The number of amides is 1. The minimum Gasteiger partial charge on any atom is -0.322 e. The molecule has 2 nitrogen and oxygen atoms in total. The molecule has 290 valence electrons. The molecule has 0 aromatic heterocycles. The fraction of sp³-hybridized carbons (Fsp3) is 0.140. The minimum absolute atomic E-state index is 0.154. The molecule has 0 aliphatic carbocycles. The second-order valence-electron chi connectivity index (χ2n) is 16.2. The van der Waals surface area contributed by atoms with Crippen LogP contribution in [0.15, 0.2) is 158 Å². The molecule has 0 saturated carbocycles. The summed E-state index contributed by atoms with van der Waals surface area (Å²) in [4.78, 5) is 15.1. The van der Waals surface area contributed by atoms with Crippen LogP contribution in [0.5, 0.6) is 0 Å². The number of carbonyl (C=O) groups is 1. The minimum atomic E-state index is -0.154. The van der Waals surface area contributed by atoms with Gasteiger partial charge in [-0.1, -0.05) is 109 Å². The first kappa shape index (κ1) is 39.1. The first-order chi connectivity index (χ1) is 28.5. The SMILES string of the molecule is Cc1cccc(C)c1-c1cc(-c2cccc(-c3cc(-c4c(C)cccc4C)cc(-c4c(C)cccc4C)c3)c2C(=O)Nc2ccccc2)cc(-c2c(C)cccc2C)c1. The molecule has 0 saturated heterocycles. The zero-order chi connectivity index (χ0) is 41.4. The quantitative estimate of drug-likeness (QED) is 0.164. The monoisotopic (exact) mass is 765 g/mol. The van der Waals surface area contributed by atoms with Crippen LogP contribution in [-0.4, -0.2) is 5.91 Å². The molecule has 0 bridgehead atoms. The zero-order valence-electron chi connectivity index (χ0n) is 35.4. The molecular weight excluding hydrogens is 715 g/mol. The number of carbonyl (C=O) groups excluding carboxylic acids is 1. The highest BCUT2D eigenvalue weighted by Gasteiger charge is 2.23. The third-order valence-corrected chi connectivity index (χ3v) is 11.9. The Morgan fingerprint density at radius 3 is 0.898 bits per heavy atom. The molecule has 0 aliphatic heterocycles. The molecule has 0 radical (unpaired) electrons. The van der Waals surface area contributed by atoms with Gasteiger partial charge in [0.1, 0.15) is 0 Å². The van der Waals surface area contributed by atoms with Crippen molar-refractivity contribution in [2.45, 2.75) is 55.4 Å². The lowest BCUT2D eigenvalue weighted by atomic mass is 9.84. The summed E-state index contributed by atoms with van der Waals surface area (Å²) in [7, 11) is 0. The van der Waals surface area contributed by atoms with Crippen LogP contribution < -0.4 is 5.32 Å². The van der Waals surface area contributed by atoms with E-state index in [-0.39, 0.29) is 5.91 Å². The van der Waals surface area contributed by atoms with Gasteiger partial charge in [0, 0.05) is 5.69 Å². The highest BCUT2D eigenvalue weighted by Crippen LogP contribution is 2.43. The Bertz CT molecular complexity index is 2510. The van der Waals surface area contributed by atoms with E-state index in [1.807, 2.05) is 30.3 Å². The lowest BCUT2D eigenvalue weighted by molar-refractivity contribution is 0.102. The van der Waals surface area contributed by atoms with Gasteiger partial charge in [0.05, 0.1) is 5.56 Å². The van der Waals surface area contributed by atoms with Gasteiger partial charge in [-0.3, -0.25) is 4.79 Å². The van der Waals surface area contributed by atoms with E-state index in [2.05, 4.69) is 188 Å². The number of para-hydroxylation sites is 1. The van der Waals surface area contributed by atoms with Gasteiger partial charge in [-0.15, -0.1) is 0 Å². The molecule has 0 unspecified atom stereocenters. The number of hydrogen-bond acceptors (Lipinski definition) is 1. The summed E-state index contributed by atoms with van der Waals surface area (Å²) in [5.41, 5.74) is 24.2. The van der Waals surface area contributed by atoms with Gasteiger partial charge in [0.15, 0.2) is 0 Å². The highest BCUT2D eigenvalue weighted by atomic mass is 16.1. The molecule has 0 aliphatic rings. The Labute approximate surface area is 350 Å². The Hall–Kier alpha value is -6.77. The van der Waals surface area contributed by atoms with Gasteiger partial charge in [-0.2, -0.15) is 0 Å². The number of aryl methyl sites for hydroxylation is 8. The van der Waals surface area contributed by atoms with Crippen molar-refractivity contribution in [3.63, 3.8) is 0 Å². The third kappa shape index (κ3) is 7.67. The van der Waals surface area contributed by atoms with Crippen molar-refractivity contribution in [1.29, 1.82) is 0 Å². The van der Waals surface area contributed by atoms with E-state index in [1.54, 1.807) is 0 Å². The van der Waals surface area contributed by atoms with E-state index in [0.29, 0.717) is 5.56 Å². The lowest BCUT2D eigenvalue weighted by Gasteiger charge is -2.21. The average molecular weight is 766 g/mol. The number of benzene rings is 8. The fourth-order valence-corrected chi connectivity index (χ4v) is 9.22. The summed E-state index contributed by atoms with van der Waals surface area (Å²) >= 11 is 0. The number of nitrogens with one attached hydrogen (secondary N) is 1. The van der Waals surface area contributed by atoms with E-state index in [9.17, 15) is 0 Å². The smallest absolute Gasteiger partial charge is 0.256 e. The fourth-order valence-electron chi connectivity index (χ4n) is 9.22. The molecule has 1 N–H and O–H groups in total. The topological polar surface area (TPSA) is 29.1 Å². The van der Waals surface area contributed by atoms with Crippen LogP contribution in [0.2, 0.25) is 0 Å². The van der Waals surface area contributed by atoms with E-state index in [4.69, 9.17) is 0 Å². The Balaban J connectivity index is 1.45. The van der Waals surface area contributed by atoms with Crippen LogP contribution in [0, 0.1) is 55.4 Å². The van der Waals surface area contributed by atoms with Gasteiger partial charge in [-0.25, -0.2) is 0 Å². The Kier molecular flexibility index (Phi) is 10.8. The maximum absolute atomic E-state index is 15.1. The second-order valence-corrected chi connectivity index (χ2v) is 16.2. The first-order valence-corrected chi connectivity index (χ1v) is 20.5. The summed E-state index contributed by atoms with van der Waals surface area (Å²) < 4.78 is 0. The van der Waals surface area contributed by atoms with Crippen molar-refractivity contribution >= 4 is 11.6 Å². The predicted octanol–water partition coefficient (Wildman–Crippen LogP) is 15.4. The summed E-state index contributed by atoms with van der Waals surface area (Å²) in [5, 5.41) is 3.30. The van der Waals surface area contributed by atoms with Crippen molar-refractivity contribution in [3.05, 3.63) is 208 Å². The van der Waals surface area contributed by atoms with Crippen LogP contribution in [0.4, 0.5) is 5.69 Å². The number of anilines is 1. The molecular formula is C57H51NO. The number of hydrogen-bond donors (Lipinski definition) is 1. The van der Waals surface area contributed by atoms with Gasteiger partial charge in [0.2, 0.25) is 0 Å². The molecule has 8 rings (SSSR count). The van der Waals surface area contributed by atoms with Crippen LogP contribution in [0.3, 0.4) is 0 Å². The van der Waals surface area contributed by atoms with Crippen molar-refractivity contribution in [1.82, 2.24) is 0 Å². The normalized spacial score (nSPS) is 11.1. The molecule has 1 amide bonds. The zero-order valence-corrected chi connectivity index (χ0v) is 35.4. The molecule has 0 atom stereocenters.